The van der Waals surface area contributed by atoms with E-state index in [1.54, 1.807) is 37.6 Å². The molecule has 0 fully saturated rings. The maximum absolute atomic E-state index is 11.6. The number of nitriles is 2. The van der Waals surface area contributed by atoms with Crippen LogP contribution >= 0.6 is 0 Å². The smallest absolute Gasteiger partial charge is 0.862 e. The van der Waals surface area contributed by atoms with Crippen molar-refractivity contribution in [1.29, 1.82) is 10.5 Å². The summed E-state index contributed by atoms with van der Waals surface area (Å²) in [7, 11) is 1.56. The van der Waals surface area contributed by atoms with Crippen molar-refractivity contribution in [1.82, 2.24) is 5.32 Å². The van der Waals surface area contributed by atoms with Crippen molar-refractivity contribution in [2.75, 3.05) is 7.11 Å². The Labute approximate surface area is 144 Å². The summed E-state index contributed by atoms with van der Waals surface area (Å²) in [5.74, 6) is -0.0279. The normalized spacial score (nSPS) is 16.9. The standard InChI is InChI=1S/C14H12N4O2.Na/c1-20-10-4-2-9(3-5-10)11-6-13(19)18-14(17-8-16)12(11)7-15;/h2-5,11,17H,6H2,1H3,(H,18,19);/q;+1/p-1. The molecule has 1 aliphatic rings. The first kappa shape index (κ1) is 17.1. The number of benzene rings is 1. The van der Waals surface area contributed by atoms with E-state index in [4.69, 9.17) is 10.00 Å². The van der Waals surface area contributed by atoms with Crippen LogP contribution in [0.2, 0.25) is 0 Å². The molecule has 7 heteroatoms. The molecular weight excluding hydrogens is 279 g/mol. The molecule has 100 valence electrons. The van der Waals surface area contributed by atoms with Crippen molar-refractivity contribution >= 4 is 5.90 Å². The second kappa shape index (κ2) is 7.70. The maximum Gasteiger partial charge on any atom is 1.00 e. The van der Waals surface area contributed by atoms with Crippen LogP contribution in [0.15, 0.2) is 40.7 Å². The van der Waals surface area contributed by atoms with E-state index < -0.39 is 5.92 Å². The Bertz CT molecular complexity index is 653. The molecule has 0 spiro atoms. The maximum atomic E-state index is 11.6. The van der Waals surface area contributed by atoms with Gasteiger partial charge in [-0.25, -0.2) is 4.99 Å². The minimum atomic E-state index is -0.397. The fourth-order valence-corrected chi connectivity index (χ4v) is 2.07. The Hall–Kier alpha value is -1.99. The Morgan fingerprint density at radius 2 is 2.00 bits per heavy atom. The van der Waals surface area contributed by atoms with Crippen molar-refractivity contribution in [3.8, 4) is 18.0 Å². The second-order valence-electron chi connectivity index (χ2n) is 4.15. The average Bonchev–Trinajstić information content (AvgIpc) is 2.47. The summed E-state index contributed by atoms with van der Waals surface area (Å²) in [6.07, 6.45) is 1.80. The summed E-state index contributed by atoms with van der Waals surface area (Å²) < 4.78 is 5.07. The molecule has 0 aromatic heterocycles. The van der Waals surface area contributed by atoms with Gasteiger partial charge in [0, 0.05) is 5.92 Å². The molecule has 1 N–H and O–H groups in total. The fourth-order valence-electron chi connectivity index (χ4n) is 2.07. The topological polar surface area (TPSA) is 104 Å². The molecule has 0 radical (unpaired) electrons. The van der Waals surface area contributed by atoms with Crippen molar-refractivity contribution in [2.45, 2.75) is 12.3 Å². The van der Waals surface area contributed by atoms with Crippen LogP contribution in [0.4, 0.5) is 0 Å². The van der Waals surface area contributed by atoms with Gasteiger partial charge in [0.1, 0.15) is 5.75 Å². The molecule has 6 nitrogen and oxygen atoms in total. The van der Waals surface area contributed by atoms with E-state index >= 15 is 0 Å². The van der Waals surface area contributed by atoms with Crippen LogP contribution in [0.25, 0.3) is 0 Å². The number of allylic oxidation sites excluding steroid dienone is 1. The first-order valence-electron chi connectivity index (χ1n) is 5.87. The molecule has 0 saturated heterocycles. The van der Waals surface area contributed by atoms with Gasteiger partial charge in [-0.1, -0.05) is 12.1 Å². The van der Waals surface area contributed by atoms with Crippen LogP contribution in [0, 0.1) is 22.8 Å². The largest absolute Gasteiger partial charge is 1.00 e. The fraction of sp³-hybridized carbons (Fsp3) is 0.214. The number of aliphatic imine (C=N–C) groups is 1. The van der Waals surface area contributed by atoms with Gasteiger partial charge in [0.05, 0.1) is 18.8 Å². The molecule has 1 atom stereocenters. The summed E-state index contributed by atoms with van der Waals surface area (Å²) in [4.78, 5) is 3.69. The van der Waals surface area contributed by atoms with Crippen LogP contribution in [0.1, 0.15) is 17.9 Å². The Balaban J connectivity index is 0.00000220. The van der Waals surface area contributed by atoms with Crippen LogP contribution in [-0.2, 0) is 0 Å². The average molecular weight is 290 g/mol. The summed E-state index contributed by atoms with van der Waals surface area (Å²) in [6, 6.07) is 9.14. The van der Waals surface area contributed by atoms with E-state index in [9.17, 15) is 10.4 Å². The Morgan fingerprint density at radius 1 is 1.33 bits per heavy atom. The number of hydrogen-bond acceptors (Lipinski definition) is 6. The predicted molar refractivity (Wildman–Crippen MR) is 69.2 cm³/mol. The van der Waals surface area contributed by atoms with Crippen molar-refractivity contribution in [2.24, 2.45) is 4.99 Å². The molecule has 0 aliphatic carbocycles. The summed E-state index contributed by atoms with van der Waals surface area (Å²) in [6.45, 7) is 0. The van der Waals surface area contributed by atoms with E-state index in [1.165, 1.54) is 0 Å². The molecule has 0 saturated carbocycles. The predicted octanol–water partition coefficient (Wildman–Crippen LogP) is -2.25. The molecular formula is C14H11N4NaO2. The van der Waals surface area contributed by atoms with Crippen molar-refractivity contribution in [3.63, 3.8) is 0 Å². The summed E-state index contributed by atoms with van der Waals surface area (Å²) in [5.41, 5.74) is 1.10. The third kappa shape index (κ3) is 3.77. The monoisotopic (exact) mass is 290 g/mol. The van der Waals surface area contributed by atoms with Crippen LogP contribution in [0.5, 0.6) is 5.75 Å². The Kier molecular flexibility index (Phi) is 6.26. The first-order valence-corrected chi connectivity index (χ1v) is 5.87. The van der Waals surface area contributed by atoms with Crippen molar-refractivity contribution < 1.29 is 39.4 Å². The minimum Gasteiger partial charge on any atom is -0.862 e. The van der Waals surface area contributed by atoms with Gasteiger partial charge in [-0.2, -0.15) is 10.5 Å². The molecule has 21 heavy (non-hydrogen) atoms. The molecule has 1 unspecified atom stereocenters. The summed E-state index contributed by atoms with van der Waals surface area (Å²) >= 11 is 0. The third-order valence-electron chi connectivity index (χ3n) is 3.03. The molecule has 0 bridgehead atoms. The molecule has 1 aromatic rings. The number of ether oxygens (including phenoxy) is 1. The first-order chi connectivity index (χ1) is 9.69. The zero-order valence-corrected chi connectivity index (χ0v) is 13.8. The van der Waals surface area contributed by atoms with Gasteiger partial charge in [0.2, 0.25) is 0 Å². The minimum absolute atomic E-state index is 0. The van der Waals surface area contributed by atoms with Crippen LogP contribution in [0.3, 0.4) is 0 Å². The van der Waals surface area contributed by atoms with Gasteiger partial charge in [0.15, 0.2) is 12.0 Å². The summed E-state index contributed by atoms with van der Waals surface area (Å²) in [5, 5.41) is 31.8. The van der Waals surface area contributed by atoms with E-state index in [1.807, 2.05) is 6.07 Å². The van der Waals surface area contributed by atoms with Gasteiger partial charge in [-0.15, -0.1) is 0 Å². The van der Waals surface area contributed by atoms with Crippen LogP contribution in [-0.4, -0.2) is 13.0 Å². The van der Waals surface area contributed by atoms with Crippen molar-refractivity contribution in [3.05, 3.63) is 41.2 Å². The van der Waals surface area contributed by atoms with E-state index in [2.05, 4.69) is 10.3 Å². The van der Waals surface area contributed by atoms with Gasteiger partial charge >= 0.3 is 29.6 Å². The van der Waals surface area contributed by atoms with Crippen LogP contribution < -0.4 is 44.7 Å². The van der Waals surface area contributed by atoms with E-state index in [0.29, 0.717) is 5.75 Å². The zero-order chi connectivity index (χ0) is 14.5. The number of nitrogens with zero attached hydrogens (tertiary/aromatic N) is 3. The second-order valence-corrected chi connectivity index (χ2v) is 4.15. The molecule has 1 aromatic carbocycles. The van der Waals surface area contributed by atoms with Gasteiger partial charge in [-0.05, 0) is 30.0 Å². The Morgan fingerprint density at radius 3 is 2.52 bits per heavy atom. The number of rotatable bonds is 3. The zero-order valence-electron chi connectivity index (χ0n) is 11.8. The molecule has 2 rings (SSSR count). The van der Waals surface area contributed by atoms with E-state index in [0.717, 1.165) is 5.56 Å². The van der Waals surface area contributed by atoms with Gasteiger partial charge in [-0.3, -0.25) is 5.32 Å². The quantitative estimate of drug-likeness (QED) is 0.385. The number of methoxy groups -OCH3 is 1. The number of hydrogen-bond donors (Lipinski definition) is 1. The van der Waals surface area contributed by atoms with Gasteiger partial charge < -0.3 is 9.84 Å². The third-order valence-corrected chi connectivity index (χ3v) is 3.03. The molecule has 1 heterocycles. The number of nitrogens with one attached hydrogen (secondary N) is 1. The SMILES string of the molecule is COc1ccc(C2CC([O-])=NC(NC#N)=C2C#N)cc1.[Na+]. The molecule has 0 amide bonds. The van der Waals surface area contributed by atoms with Gasteiger partial charge in [0.25, 0.3) is 0 Å². The van der Waals surface area contributed by atoms with E-state index in [-0.39, 0.29) is 53.3 Å². The molecule has 1 aliphatic heterocycles.